The topological polar surface area (TPSA) is 158 Å². The second-order valence-corrected chi connectivity index (χ2v) is 6.08. The Morgan fingerprint density at radius 2 is 1.61 bits per heavy atom. The standard InChI is InChI=1S/C12H10N4O6S/c13-8-2-1-3-9(6-8)14-23(21,22)10-4-5-11(15(17)18)12(7-10)16(19)20/h1-7,14H,13H2. The monoisotopic (exact) mass is 338 g/mol. The summed E-state index contributed by atoms with van der Waals surface area (Å²) in [6.45, 7) is 0. The third-order valence-electron chi connectivity index (χ3n) is 2.79. The number of hydrogen-bond donors (Lipinski definition) is 2. The van der Waals surface area contributed by atoms with E-state index in [-0.39, 0.29) is 5.69 Å². The van der Waals surface area contributed by atoms with Crippen LogP contribution in [0.3, 0.4) is 0 Å². The van der Waals surface area contributed by atoms with E-state index >= 15 is 0 Å². The summed E-state index contributed by atoms with van der Waals surface area (Å²) in [5.41, 5.74) is 4.31. The maximum atomic E-state index is 12.2. The molecule has 0 aliphatic rings. The Labute approximate surface area is 129 Å². The largest absolute Gasteiger partial charge is 0.399 e. The molecule has 11 heteroatoms. The molecule has 120 valence electrons. The Balaban J connectivity index is 2.46. The van der Waals surface area contributed by atoms with E-state index in [2.05, 4.69) is 4.72 Å². The van der Waals surface area contributed by atoms with Gasteiger partial charge in [0.15, 0.2) is 0 Å². The summed E-state index contributed by atoms with van der Waals surface area (Å²) in [7, 11) is -4.16. The van der Waals surface area contributed by atoms with Crippen molar-refractivity contribution in [2.45, 2.75) is 4.90 Å². The number of anilines is 2. The van der Waals surface area contributed by atoms with Crippen molar-refractivity contribution in [3.63, 3.8) is 0 Å². The van der Waals surface area contributed by atoms with Crippen molar-refractivity contribution in [2.24, 2.45) is 0 Å². The van der Waals surface area contributed by atoms with Crippen molar-refractivity contribution in [3.05, 3.63) is 62.7 Å². The van der Waals surface area contributed by atoms with Crippen LogP contribution in [0.5, 0.6) is 0 Å². The lowest BCUT2D eigenvalue weighted by Gasteiger charge is -2.08. The SMILES string of the molecule is Nc1cccc(NS(=O)(=O)c2ccc([N+](=O)[O-])c([N+](=O)[O-])c2)c1. The molecule has 0 aromatic heterocycles. The number of nitrogen functional groups attached to an aromatic ring is 1. The van der Waals surface area contributed by atoms with E-state index in [9.17, 15) is 28.6 Å². The molecule has 3 N–H and O–H groups in total. The maximum absolute atomic E-state index is 12.2. The van der Waals surface area contributed by atoms with Gasteiger partial charge in [0.1, 0.15) is 0 Å². The molecule has 0 fully saturated rings. The van der Waals surface area contributed by atoms with E-state index in [1.165, 1.54) is 18.2 Å². The molecule has 2 aromatic rings. The van der Waals surface area contributed by atoms with Crippen LogP contribution in [0.4, 0.5) is 22.7 Å². The van der Waals surface area contributed by atoms with E-state index in [0.29, 0.717) is 11.8 Å². The molecule has 0 aliphatic heterocycles. The van der Waals surface area contributed by atoms with Crippen LogP contribution in [0.1, 0.15) is 0 Å². The van der Waals surface area contributed by atoms with Crippen molar-refractivity contribution in [1.82, 2.24) is 0 Å². The summed E-state index contributed by atoms with van der Waals surface area (Å²) >= 11 is 0. The fourth-order valence-electron chi connectivity index (χ4n) is 1.79. The fraction of sp³-hybridized carbons (Fsp3) is 0. The highest BCUT2D eigenvalue weighted by atomic mass is 32.2. The first-order valence-electron chi connectivity index (χ1n) is 6.02. The Morgan fingerprint density at radius 1 is 0.957 bits per heavy atom. The predicted octanol–water partition coefficient (Wildman–Crippen LogP) is 1.89. The molecule has 0 saturated carbocycles. The van der Waals surface area contributed by atoms with Gasteiger partial charge in [-0.1, -0.05) is 6.07 Å². The average molecular weight is 338 g/mol. The van der Waals surface area contributed by atoms with E-state index in [4.69, 9.17) is 5.73 Å². The number of nitrogens with zero attached hydrogens (tertiary/aromatic N) is 2. The minimum Gasteiger partial charge on any atom is -0.399 e. The van der Waals surface area contributed by atoms with Gasteiger partial charge in [0.05, 0.1) is 20.4 Å². The lowest BCUT2D eigenvalue weighted by molar-refractivity contribution is -0.422. The summed E-state index contributed by atoms with van der Waals surface area (Å²) in [4.78, 5) is 19.2. The van der Waals surface area contributed by atoms with Gasteiger partial charge in [-0.2, -0.15) is 0 Å². The molecule has 0 amide bonds. The van der Waals surface area contributed by atoms with Crippen LogP contribution in [0, 0.1) is 20.2 Å². The molecule has 0 saturated heterocycles. The van der Waals surface area contributed by atoms with Crippen LogP contribution >= 0.6 is 0 Å². The van der Waals surface area contributed by atoms with Gasteiger partial charge in [0, 0.05) is 17.8 Å². The lowest BCUT2D eigenvalue weighted by Crippen LogP contribution is -2.13. The van der Waals surface area contributed by atoms with Crippen LogP contribution < -0.4 is 10.5 Å². The molecular formula is C12H10N4O6S. The first-order chi connectivity index (χ1) is 10.7. The molecule has 23 heavy (non-hydrogen) atoms. The number of sulfonamides is 1. The van der Waals surface area contributed by atoms with Gasteiger partial charge in [-0.3, -0.25) is 25.0 Å². The van der Waals surface area contributed by atoms with Crippen molar-refractivity contribution in [2.75, 3.05) is 10.5 Å². The molecule has 0 aliphatic carbocycles. The van der Waals surface area contributed by atoms with Crippen molar-refractivity contribution in [1.29, 1.82) is 0 Å². The Kier molecular flexibility index (Phi) is 4.14. The number of nitrogens with two attached hydrogens (primary N) is 1. The molecule has 0 heterocycles. The summed E-state index contributed by atoms with van der Waals surface area (Å²) in [6, 6.07) is 8.18. The number of benzene rings is 2. The zero-order chi connectivity index (χ0) is 17.2. The van der Waals surface area contributed by atoms with Crippen molar-refractivity contribution < 1.29 is 18.3 Å². The number of nitro groups is 2. The third-order valence-corrected chi connectivity index (χ3v) is 4.17. The van der Waals surface area contributed by atoms with Gasteiger partial charge in [0.25, 0.3) is 10.0 Å². The van der Waals surface area contributed by atoms with E-state index in [1.54, 1.807) is 6.07 Å². The van der Waals surface area contributed by atoms with E-state index in [1.807, 2.05) is 0 Å². The summed E-state index contributed by atoms with van der Waals surface area (Å²) < 4.78 is 26.6. The smallest absolute Gasteiger partial charge is 0.347 e. The second-order valence-electron chi connectivity index (χ2n) is 4.40. The number of rotatable bonds is 5. The quantitative estimate of drug-likeness (QED) is 0.478. The van der Waals surface area contributed by atoms with Gasteiger partial charge in [-0.25, -0.2) is 8.42 Å². The van der Waals surface area contributed by atoms with Crippen LogP contribution in [0.15, 0.2) is 47.4 Å². The second kappa shape index (κ2) is 5.88. The average Bonchev–Trinajstić information content (AvgIpc) is 2.46. The van der Waals surface area contributed by atoms with E-state index < -0.39 is 36.1 Å². The normalized spacial score (nSPS) is 11.0. The molecule has 0 unspecified atom stereocenters. The van der Waals surface area contributed by atoms with Gasteiger partial charge in [-0.05, 0) is 24.3 Å². The number of hydrogen-bond acceptors (Lipinski definition) is 7. The highest BCUT2D eigenvalue weighted by molar-refractivity contribution is 7.92. The zero-order valence-corrected chi connectivity index (χ0v) is 12.2. The van der Waals surface area contributed by atoms with Crippen molar-refractivity contribution in [3.8, 4) is 0 Å². The molecule has 0 radical (unpaired) electrons. The maximum Gasteiger partial charge on any atom is 0.347 e. The fourth-order valence-corrected chi connectivity index (χ4v) is 2.86. The molecule has 2 rings (SSSR count). The first-order valence-corrected chi connectivity index (χ1v) is 7.50. The lowest BCUT2D eigenvalue weighted by atomic mass is 10.3. The Morgan fingerprint density at radius 3 is 2.17 bits per heavy atom. The third kappa shape index (κ3) is 3.52. The van der Waals surface area contributed by atoms with Crippen LogP contribution in [0.2, 0.25) is 0 Å². The number of nitrogens with one attached hydrogen (secondary N) is 1. The molecule has 0 atom stereocenters. The molecule has 0 bridgehead atoms. The highest BCUT2D eigenvalue weighted by Gasteiger charge is 2.27. The van der Waals surface area contributed by atoms with Gasteiger partial charge >= 0.3 is 11.4 Å². The molecule has 10 nitrogen and oxygen atoms in total. The summed E-state index contributed by atoms with van der Waals surface area (Å²) in [5.74, 6) is 0. The predicted molar refractivity (Wildman–Crippen MR) is 81.4 cm³/mol. The van der Waals surface area contributed by atoms with Crippen LogP contribution in [0.25, 0.3) is 0 Å². The minimum atomic E-state index is -4.16. The van der Waals surface area contributed by atoms with Crippen LogP contribution in [-0.2, 0) is 10.0 Å². The Hall–Kier alpha value is -3.21. The summed E-state index contributed by atoms with van der Waals surface area (Å²) in [5, 5.41) is 21.6. The van der Waals surface area contributed by atoms with E-state index in [0.717, 1.165) is 12.1 Å². The van der Waals surface area contributed by atoms with Gasteiger partial charge in [0.2, 0.25) is 0 Å². The van der Waals surface area contributed by atoms with Crippen LogP contribution in [-0.4, -0.2) is 18.3 Å². The first kappa shape index (κ1) is 16.2. The minimum absolute atomic E-state index is 0.158. The zero-order valence-electron chi connectivity index (χ0n) is 11.4. The summed E-state index contributed by atoms with van der Waals surface area (Å²) in [6.07, 6.45) is 0. The van der Waals surface area contributed by atoms with Crippen molar-refractivity contribution >= 4 is 32.8 Å². The van der Waals surface area contributed by atoms with Gasteiger partial charge in [-0.15, -0.1) is 0 Å². The molecular weight excluding hydrogens is 328 g/mol. The highest BCUT2D eigenvalue weighted by Crippen LogP contribution is 2.30. The number of nitro benzene ring substituents is 2. The molecule has 2 aromatic carbocycles. The van der Waals surface area contributed by atoms with Gasteiger partial charge < -0.3 is 5.73 Å². The Bertz CT molecular complexity index is 896. The molecule has 0 spiro atoms.